The lowest BCUT2D eigenvalue weighted by molar-refractivity contribution is 0.627. The molecule has 0 bridgehead atoms. The number of hydrogen-bond donors (Lipinski definition) is 1. The molecule has 11 heavy (non-hydrogen) atoms. The van der Waals surface area contributed by atoms with Gasteiger partial charge in [0.1, 0.15) is 0 Å². The molecular formula is C10H15N. The third kappa shape index (κ3) is 1.32. The molecule has 0 fully saturated rings. The minimum atomic E-state index is 1.19. The van der Waals surface area contributed by atoms with Crippen LogP contribution in [-0.4, -0.2) is 6.54 Å². The van der Waals surface area contributed by atoms with Gasteiger partial charge < -0.3 is 5.32 Å². The van der Waals surface area contributed by atoms with Crippen molar-refractivity contribution < 1.29 is 0 Å². The second-order valence-electron chi connectivity index (χ2n) is 3.52. The van der Waals surface area contributed by atoms with Gasteiger partial charge in [-0.05, 0) is 38.2 Å². The number of hydrogen-bond acceptors (Lipinski definition) is 1. The molecule has 0 saturated carbocycles. The average molecular weight is 149 g/mol. The topological polar surface area (TPSA) is 12.0 Å². The largest absolute Gasteiger partial charge is 0.388 e. The van der Waals surface area contributed by atoms with Crippen LogP contribution in [0.25, 0.3) is 0 Å². The van der Waals surface area contributed by atoms with Crippen LogP contribution in [-0.2, 0) is 0 Å². The molecule has 0 aromatic rings. The first-order valence-electron chi connectivity index (χ1n) is 4.49. The van der Waals surface area contributed by atoms with E-state index in [2.05, 4.69) is 18.3 Å². The molecule has 1 aliphatic carbocycles. The molecule has 0 aromatic heterocycles. The Morgan fingerprint density at radius 3 is 3.09 bits per heavy atom. The van der Waals surface area contributed by atoms with E-state index in [4.69, 9.17) is 0 Å². The number of allylic oxidation sites excluding steroid dienone is 4. The van der Waals surface area contributed by atoms with E-state index in [1.54, 1.807) is 11.1 Å². The summed E-state index contributed by atoms with van der Waals surface area (Å²) in [6.07, 6.45) is 7.47. The molecule has 0 spiro atoms. The molecule has 2 rings (SSSR count). The van der Waals surface area contributed by atoms with Crippen molar-refractivity contribution >= 4 is 0 Å². The Bertz CT molecular complexity index is 223. The van der Waals surface area contributed by atoms with Crippen molar-refractivity contribution in [2.45, 2.75) is 32.6 Å². The minimum absolute atomic E-state index is 1.19. The first-order chi connectivity index (χ1) is 5.36. The predicted molar refractivity (Wildman–Crippen MR) is 47.3 cm³/mol. The zero-order valence-corrected chi connectivity index (χ0v) is 7.11. The second-order valence-corrected chi connectivity index (χ2v) is 3.52. The van der Waals surface area contributed by atoms with Gasteiger partial charge in [0, 0.05) is 12.2 Å². The maximum atomic E-state index is 3.48. The van der Waals surface area contributed by atoms with E-state index >= 15 is 0 Å². The van der Waals surface area contributed by atoms with Gasteiger partial charge in [0.2, 0.25) is 0 Å². The fourth-order valence-corrected chi connectivity index (χ4v) is 1.88. The van der Waals surface area contributed by atoms with Crippen LogP contribution in [0.2, 0.25) is 0 Å². The zero-order valence-electron chi connectivity index (χ0n) is 7.11. The van der Waals surface area contributed by atoms with Crippen LogP contribution >= 0.6 is 0 Å². The van der Waals surface area contributed by atoms with E-state index in [1.165, 1.54) is 37.9 Å². The third-order valence-electron chi connectivity index (χ3n) is 2.54. The van der Waals surface area contributed by atoms with Crippen LogP contribution in [0.1, 0.15) is 32.6 Å². The summed E-state index contributed by atoms with van der Waals surface area (Å²) in [5, 5.41) is 3.48. The number of rotatable bonds is 0. The van der Waals surface area contributed by atoms with Gasteiger partial charge in [-0.25, -0.2) is 0 Å². The van der Waals surface area contributed by atoms with Gasteiger partial charge in [-0.3, -0.25) is 0 Å². The van der Waals surface area contributed by atoms with E-state index < -0.39 is 0 Å². The van der Waals surface area contributed by atoms with Gasteiger partial charge in [0.25, 0.3) is 0 Å². The first kappa shape index (κ1) is 6.96. The summed E-state index contributed by atoms with van der Waals surface area (Å²) >= 11 is 0. The quantitative estimate of drug-likeness (QED) is 0.557. The van der Waals surface area contributed by atoms with Crippen molar-refractivity contribution in [3.8, 4) is 0 Å². The molecule has 1 heteroatoms. The average Bonchev–Trinajstić information content (AvgIpc) is 2.04. The monoisotopic (exact) mass is 149 g/mol. The molecule has 60 valence electrons. The van der Waals surface area contributed by atoms with E-state index in [9.17, 15) is 0 Å². The van der Waals surface area contributed by atoms with Gasteiger partial charge in [-0.2, -0.15) is 0 Å². The van der Waals surface area contributed by atoms with Gasteiger partial charge in [0.15, 0.2) is 0 Å². The van der Waals surface area contributed by atoms with Crippen LogP contribution in [0, 0.1) is 0 Å². The molecule has 1 aliphatic heterocycles. The van der Waals surface area contributed by atoms with Gasteiger partial charge in [-0.1, -0.05) is 11.6 Å². The standard InChI is InChI=1S/C10H15N/c1-8-4-5-10-9(7-8)3-2-6-11-10/h7,11H,2-6H2,1H3. The summed E-state index contributed by atoms with van der Waals surface area (Å²) < 4.78 is 0. The number of nitrogens with one attached hydrogen (secondary N) is 1. The van der Waals surface area contributed by atoms with Crippen molar-refractivity contribution in [2.24, 2.45) is 0 Å². The second kappa shape index (κ2) is 2.72. The van der Waals surface area contributed by atoms with Gasteiger partial charge in [0.05, 0.1) is 0 Å². The first-order valence-corrected chi connectivity index (χ1v) is 4.49. The van der Waals surface area contributed by atoms with Crippen molar-refractivity contribution in [3.63, 3.8) is 0 Å². The Morgan fingerprint density at radius 2 is 2.18 bits per heavy atom. The Balaban J connectivity index is 2.25. The Morgan fingerprint density at radius 1 is 1.27 bits per heavy atom. The van der Waals surface area contributed by atoms with E-state index in [-0.39, 0.29) is 0 Å². The normalized spacial score (nSPS) is 23.9. The molecule has 0 aromatic carbocycles. The van der Waals surface area contributed by atoms with Crippen molar-refractivity contribution in [3.05, 3.63) is 22.9 Å². The maximum absolute atomic E-state index is 3.48. The van der Waals surface area contributed by atoms with Crippen LogP contribution in [0.4, 0.5) is 0 Å². The van der Waals surface area contributed by atoms with Crippen LogP contribution in [0.15, 0.2) is 22.9 Å². The zero-order chi connectivity index (χ0) is 7.68. The van der Waals surface area contributed by atoms with E-state index in [0.29, 0.717) is 0 Å². The van der Waals surface area contributed by atoms with Crippen LogP contribution < -0.4 is 5.32 Å². The Kier molecular flexibility index (Phi) is 1.72. The molecule has 2 aliphatic rings. The molecule has 1 N–H and O–H groups in total. The van der Waals surface area contributed by atoms with Crippen LogP contribution in [0.5, 0.6) is 0 Å². The fourth-order valence-electron chi connectivity index (χ4n) is 1.88. The smallest absolute Gasteiger partial charge is 0.0147 e. The molecular weight excluding hydrogens is 134 g/mol. The molecule has 0 amide bonds. The minimum Gasteiger partial charge on any atom is -0.388 e. The lowest BCUT2D eigenvalue weighted by Gasteiger charge is -2.24. The maximum Gasteiger partial charge on any atom is 0.0147 e. The van der Waals surface area contributed by atoms with E-state index in [0.717, 1.165) is 0 Å². The summed E-state index contributed by atoms with van der Waals surface area (Å²) in [5.74, 6) is 0. The van der Waals surface area contributed by atoms with E-state index in [1.807, 2.05) is 0 Å². The Labute approximate surface area is 68.2 Å². The molecule has 0 atom stereocenters. The SMILES string of the molecule is CC1=CC2=C(CC1)NCCC2. The Hall–Kier alpha value is -0.720. The highest BCUT2D eigenvalue weighted by Gasteiger charge is 2.13. The molecule has 0 saturated heterocycles. The van der Waals surface area contributed by atoms with Crippen LogP contribution in [0.3, 0.4) is 0 Å². The molecule has 1 heterocycles. The van der Waals surface area contributed by atoms with Crippen molar-refractivity contribution in [2.75, 3.05) is 6.54 Å². The highest BCUT2D eigenvalue weighted by molar-refractivity contribution is 5.33. The van der Waals surface area contributed by atoms with Gasteiger partial charge in [-0.15, -0.1) is 0 Å². The van der Waals surface area contributed by atoms with Gasteiger partial charge >= 0.3 is 0 Å². The molecule has 0 radical (unpaired) electrons. The summed E-state index contributed by atoms with van der Waals surface area (Å²) in [5.41, 5.74) is 4.63. The lowest BCUT2D eigenvalue weighted by Crippen LogP contribution is -2.22. The third-order valence-corrected chi connectivity index (χ3v) is 2.54. The van der Waals surface area contributed by atoms with Crippen molar-refractivity contribution in [1.82, 2.24) is 5.32 Å². The highest BCUT2D eigenvalue weighted by atomic mass is 14.9. The molecule has 1 nitrogen and oxygen atoms in total. The highest BCUT2D eigenvalue weighted by Crippen LogP contribution is 2.27. The molecule has 0 unspecified atom stereocenters. The van der Waals surface area contributed by atoms with Crippen molar-refractivity contribution in [1.29, 1.82) is 0 Å². The lowest BCUT2D eigenvalue weighted by atomic mass is 9.92. The summed E-state index contributed by atoms with van der Waals surface area (Å²) in [4.78, 5) is 0. The summed E-state index contributed by atoms with van der Waals surface area (Å²) in [6, 6.07) is 0. The predicted octanol–water partition coefficient (Wildman–Crippen LogP) is 2.36. The fraction of sp³-hybridized carbons (Fsp3) is 0.600. The summed E-state index contributed by atoms with van der Waals surface area (Å²) in [7, 11) is 0. The summed E-state index contributed by atoms with van der Waals surface area (Å²) in [6.45, 7) is 3.42.